The molecule has 0 aromatic heterocycles. The van der Waals surface area contributed by atoms with Crippen LogP contribution in [-0.4, -0.2) is 21.9 Å². The van der Waals surface area contributed by atoms with Gasteiger partial charge in [-0.15, -0.1) is 0 Å². The van der Waals surface area contributed by atoms with Crippen molar-refractivity contribution in [2.24, 2.45) is 0 Å². The van der Waals surface area contributed by atoms with Crippen LogP contribution in [0.2, 0.25) is 0 Å². The van der Waals surface area contributed by atoms with Crippen molar-refractivity contribution in [3.05, 3.63) is 0 Å². The fourth-order valence-electron chi connectivity index (χ4n) is 0. The predicted octanol–water partition coefficient (Wildman–Crippen LogP) is -2.88. The van der Waals surface area contributed by atoms with E-state index in [2.05, 4.69) is 0 Å². The third kappa shape index (κ3) is 513. The monoisotopic (exact) mass is 143 g/mol. The molecule has 6 heteroatoms. The molecule has 0 radical (unpaired) electrons. The third-order valence-electron chi connectivity index (χ3n) is 0. The third-order valence-corrected chi connectivity index (χ3v) is 0. The molecule has 0 saturated carbocycles. The second-order valence-corrected chi connectivity index (χ2v) is 0. The van der Waals surface area contributed by atoms with Crippen molar-refractivity contribution in [3.63, 3.8) is 0 Å². The fraction of sp³-hybridized carbons (Fsp3) is 0. The molecular weight excluding hydrogens is 135 g/mol. The Hall–Kier alpha value is 0.302. The van der Waals surface area contributed by atoms with Gasteiger partial charge < -0.3 is 21.9 Å². The summed E-state index contributed by atoms with van der Waals surface area (Å²) >= 11 is 1.12. The van der Waals surface area contributed by atoms with E-state index in [1.807, 2.05) is 0 Å². The van der Waals surface area contributed by atoms with E-state index in [0.717, 1.165) is 16.7 Å². The van der Waals surface area contributed by atoms with E-state index in [1.165, 1.54) is 0 Å². The topological polar surface area (TPSA) is 126 Å². The summed E-state index contributed by atoms with van der Waals surface area (Å²) in [7, 11) is 0. The zero-order valence-electron chi connectivity index (χ0n) is 2.79. The SMILES string of the molecule is O.O.O.O.[F][Cr]. The number of halogens is 1. The fourth-order valence-corrected chi connectivity index (χ4v) is 0. The quantitative estimate of drug-likeness (QED) is 0.345. The van der Waals surface area contributed by atoms with Crippen molar-refractivity contribution in [2.75, 3.05) is 0 Å². The summed E-state index contributed by atoms with van der Waals surface area (Å²) in [6.07, 6.45) is 0. The molecule has 0 fully saturated rings. The zero-order valence-corrected chi connectivity index (χ0v) is 4.06. The number of hydrogen-bond acceptors (Lipinski definition) is 0. The van der Waals surface area contributed by atoms with E-state index in [0.29, 0.717) is 0 Å². The molecule has 45 valence electrons. The Kier molecular flexibility index (Phi) is 18700. The standard InChI is InChI=1S/Cr.FH.4H2O/h;1H;4*1H2/q+1;;;;;/p-1. The van der Waals surface area contributed by atoms with Crippen molar-refractivity contribution in [1.29, 1.82) is 0 Å². The molecule has 0 unspecified atom stereocenters. The molecule has 6 heavy (non-hydrogen) atoms. The Morgan fingerprint density at radius 3 is 0.667 bits per heavy atom. The van der Waals surface area contributed by atoms with Gasteiger partial charge in [0.2, 0.25) is 0 Å². The van der Waals surface area contributed by atoms with Crippen molar-refractivity contribution in [2.45, 2.75) is 0 Å². The van der Waals surface area contributed by atoms with Gasteiger partial charge in [-0.3, -0.25) is 0 Å². The van der Waals surface area contributed by atoms with Gasteiger partial charge >= 0.3 is 20.3 Å². The van der Waals surface area contributed by atoms with Crippen molar-refractivity contribution < 1.29 is 42.2 Å². The second kappa shape index (κ2) is 1070. The molecule has 0 amide bonds. The Labute approximate surface area is 43.1 Å². The number of hydrogen-bond donors (Lipinski definition) is 0. The van der Waals surface area contributed by atoms with Gasteiger partial charge in [0, 0.05) is 0 Å². The van der Waals surface area contributed by atoms with Gasteiger partial charge in [0.1, 0.15) is 0 Å². The molecule has 8 N–H and O–H groups in total. The van der Waals surface area contributed by atoms with Crippen molar-refractivity contribution >= 4 is 0 Å². The average molecular weight is 143 g/mol. The summed E-state index contributed by atoms with van der Waals surface area (Å²) in [4.78, 5) is 0. The molecule has 0 heterocycles. The molecule has 0 saturated heterocycles. The van der Waals surface area contributed by atoms with Crippen LogP contribution < -0.4 is 0 Å². The Morgan fingerprint density at radius 1 is 0.667 bits per heavy atom. The van der Waals surface area contributed by atoms with Crippen LogP contribution in [0.4, 0.5) is 3.52 Å². The molecule has 0 spiro atoms. The van der Waals surface area contributed by atoms with Gasteiger partial charge in [0.25, 0.3) is 0 Å². The van der Waals surface area contributed by atoms with Crippen LogP contribution in [0.1, 0.15) is 0 Å². The zero-order chi connectivity index (χ0) is 2.00. The normalized spacial score (nSPS) is 0.833. The van der Waals surface area contributed by atoms with E-state index in [4.69, 9.17) is 0 Å². The van der Waals surface area contributed by atoms with E-state index < -0.39 is 0 Å². The summed E-state index contributed by atoms with van der Waals surface area (Å²) in [5.41, 5.74) is 0. The molecule has 0 aliphatic carbocycles. The molecule has 0 aliphatic rings. The summed E-state index contributed by atoms with van der Waals surface area (Å²) in [5, 5.41) is 0. The molecule has 0 bridgehead atoms. The van der Waals surface area contributed by atoms with Gasteiger partial charge in [-0.25, -0.2) is 0 Å². The molecule has 4 nitrogen and oxygen atoms in total. The Bertz CT molecular complexity index is 7.51. The van der Waals surface area contributed by atoms with E-state index >= 15 is 0 Å². The maximum atomic E-state index is 9.38. The first kappa shape index (κ1) is 104. The van der Waals surface area contributed by atoms with E-state index in [1.54, 1.807) is 0 Å². The molecular formula is H8CrFO4. The van der Waals surface area contributed by atoms with Crippen LogP contribution in [0.3, 0.4) is 0 Å². The molecule has 0 rings (SSSR count). The van der Waals surface area contributed by atoms with Crippen LogP contribution >= 0.6 is 0 Å². The van der Waals surface area contributed by atoms with E-state index in [9.17, 15) is 3.52 Å². The summed E-state index contributed by atoms with van der Waals surface area (Å²) in [6.45, 7) is 0. The molecule has 0 atom stereocenters. The minimum absolute atomic E-state index is 0. The first-order valence-corrected chi connectivity index (χ1v) is 0.636. The Balaban J connectivity index is -0.000000000833. The van der Waals surface area contributed by atoms with Crippen LogP contribution in [0.25, 0.3) is 0 Å². The van der Waals surface area contributed by atoms with Gasteiger partial charge in [-0.2, -0.15) is 0 Å². The molecule has 0 aromatic rings. The number of rotatable bonds is 0. The average Bonchev–Trinajstić information content (AvgIpc) is 1.00. The first-order valence-electron chi connectivity index (χ1n) is 0.154. The van der Waals surface area contributed by atoms with Crippen LogP contribution in [0, 0.1) is 0 Å². The first-order chi connectivity index (χ1) is 1.00. The Morgan fingerprint density at radius 2 is 0.667 bits per heavy atom. The van der Waals surface area contributed by atoms with Crippen molar-refractivity contribution in [1.82, 2.24) is 0 Å². The van der Waals surface area contributed by atoms with Gasteiger partial charge in [0.05, 0.1) is 0 Å². The van der Waals surface area contributed by atoms with Crippen molar-refractivity contribution in [3.8, 4) is 0 Å². The summed E-state index contributed by atoms with van der Waals surface area (Å²) in [6, 6.07) is 0. The molecule has 0 aromatic carbocycles. The van der Waals surface area contributed by atoms with Crippen LogP contribution in [-0.2, 0) is 16.7 Å². The molecule has 0 aliphatic heterocycles. The van der Waals surface area contributed by atoms with E-state index in [-0.39, 0.29) is 21.9 Å². The predicted molar refractivity (Wildman–Crippen MR) is 15.6 cm³/mol. The summed E-state index contributed by atoms with van der Waals surface area (Å²) < 4.78 is 9.38. The maximum absolute atomic E-state index is 9.38. The van der Waals surface area contributed by atoms with Gasteiger partial charge in [-0.1, -0.05) is 0 Å². The van der Waals surface area contributed by atoms with Gasteiger partial charge in [-0.05, 0) is 0 Å². The van der Waals surface area contributed by atoms with Crippen LogP contribution in [0.15, 0.2) is 0 Å². The van der Waals surface area contributed by atoms with Gasteiger partial charge in [0.15, 0.2) is 0 Å². The summed E-state index contributed by atoms with van der Waals surface area (Å²) in [5.74, 6) is 0. The minimum atomic E-state index is 0. The van der Waals surface area contributed by atoms with Crippen LogP contribution in [0.5, 0.6) is 0 Å². The second-order valence-electron chi connectivity index (χ2n) is 0.